The molecule has 3 rings (SSSR count). The summed E-state index contributed by atoms with van der Waals surface area (Å²) >= 11 is 6.00. The van der Waals surface area contributed by atoms with Gasteiger partial charge in [-0.1, -0.05) is 29.8 Å². The van der Waals surface area contributed by atoms with E-state index in [4.69, 9.17) is 16.3 Å². The molecule has 2 atom stereocenters. The van der Waals surface area contributed by atoms with E-state index in [1.807, 2.05) is 19.1 Å². The first kappa shape index (κ1) is 20.1. The molecule has 8 heteroatoms. The minimum Gasteiger partial charge on any atom is -0.456 e. The topological polar surface area (TPSA) is 92.8 Å². The molecule has 0 spiro atoms. The van der Waals surface area contributed by atoms with Gasteiger partial charge in [-0.2, -0.15) is 0 Å². The Morgan fingerprint density at radius 2 is 1.82 bits per heavy atom. The lowest BCUT2D eigenvalue weighted by molar-refractivity contribution is -0.148. The highest BCUT2D eigenvalue weighted by atomic mass is 35.5. The highest BCUT2D eigenvalue weighted by Crippen LogP contribution is 2.35. The van der Waals surface area contributed by atoms with Crippen LogP contribution in [0.25, 0.3) is 0 Å². The Morgan fingerprint density at radius 1 is 1.18 bits per heavy atom. The minimum atomic E-state index is -0.648. The molecule has 0 bridgehead atoms. The highest BCUT2D eigenvalue weighted by Gasteiger charge is 2.46. The third-order valence-electron chi connectivity index (χ3n) is 4.96. The number of aryl methyl sites for hydroxylation is 1. The van der Waals surface area contributed by atoms with Gasteiger partial charge in [0.15, 0.2) is 6.61 Å². The molecule has 1 heterocycles. The Bertz CT molecular complexity index is 825. The van der Waals surface area contributed by atoms with Crippen molar-refractivity contribution in [2.24, 2.45) is 11.8 Å². The molecule has 0 saturated carbocycles. The summed E-state index contributed by atoms with van der Waals surface area (Å²) in [6.07, 6.45) is 4.78. The fraction of sp³-hybridized carbons (Fsp3) is 0.400. The van der Waals surface area contributed by atoms with Crippen molar-refractivity contribution in [2.75, 3.05) is 18.5 Å². The monoisotopic (exact) mass is 404 g/mol. The van der Waals surface area contributed by atoms with E-state index in [0.717, 1.165) is 10.5 Å². The summed E-state index contributed by atoms with van der Waals surface area (Å²) in [6.45, 7) is 1.36. The normalized spacial score (nSPS) is 20.9. The summed E-state index contributed by atoms with van der Waals surface area (Å²) < 4.78 is 4.93. The van der Waals surface area contributed by atoms with Gasteiger partial charge in [0, 0.05) is 17.3 Å². The molecule has 2 aliphatic rings. The number of imide groups is 1. The zero-order valence-electron chi connectivity index (χ0n) is 15.4. The number of amides is 3. The molecule has 148 valence electrons. The Balaban J connectivity index is 1.43. The Hall–Kier alpha value is -2.67. The van der Waals surface area contributed by atoms with E-state index in [1.165, 1.54) is 0 Å². The van der Waals surface area contributed by atoms with Crippen molar-refractivity contribution in [2.45, 2.75) is 26.2 Å². The van der Waals surface area contributed by atoms with E-state index in [2.05, 4.69) is 5.32 Å². The van der Waals surface area contributed by atoms with Crippen molar-refractivity contribution in [3.63, 3.8) is 0 Å². The first-order valence-electron chi connectivity index (χ1n) is 9.08. The van der Waals surface area contributed by atoms with Crippen LogP contribution in [0.3, 0.4) is 0 Å². The van der Waals surface area contributed by atoms with Gasteiger partial charge in [0.1, 0.15) is 0 Å². The molecule has 0 unspecified atom stereocenters. The molecule has 0 aromatic heterocycles. The van der Waals surface area contributed by atoms with Crippen LogP contribution in [-0.2, 0) is 23.9 Å². The van der Waals surface area contributed by atoms with Gasteiger partial charge in [0.25, 0.3) is 5.91 Å². The second-order valence-corrected chi connectivity index (χ2v) is 7.31. The fourth-order valence-corrected chi connectivity index (χ4v) is 3.56. The van der Waals surface area contributed by atoms with Crippen molar-refractivity contribution in [3.05, 3.63) is 40.9 Å². The van der Waals surface area contributed by atoms with Gasteiger partial charge in [-0.3, -0.25) is 24.1 Å². The molecule has 1 saturated heterocycles. The van der Waals surface area contributed by atoms with Crippen LogP contribution in [0, 0.1) is 18.8 Å². The summed E-state index contributed by atoms with van der Waals surface area (Å²) in [5, 5.41) is 3.10. The predicted octanol–water partition coefficient (Wildman–Crippen LogP) is 2.47. The van der Waals surface area contributed by atoms with Crippen LogP contribution in [0.5, 0.6) is 0 Å². The van der Waals surface area contributed by atoms with Crippen molar-refractivity contribution < 1.29 is 23.9 Å². The molecule has 7 nitrogen and oxygen atoms in total. The van der Waals surface area contributed by atoms with Crippen LogP contribution in [0.15, 0.2) is 30.4 Å². The molecule has 1 fully saturated rings. The van der Waals surface area contributed by atoms with Crippen LogP contribution in [-0.4, -0.2) is 41.7 Å². The number of nitrogens with zero attached hydrogens (tertiary/aromatic N) is 1. The van der Waals surface area contributed by atoms with Gasteiger partial charge < -0.3 is 10.1 Å². The number of carbonyl (C=O) groups excluding carboxylic acids is 4. The molecule has 1 aromatic carbocycles. The van der Waals surface area contributed by atoms with E-state index in [-0.39, 0.29) is 36.6 Å². The molecule has 1 aromatic rings. The van der Waals surface area contributed by atoms with Crippen LogP contribution in [0.1, 0.15) is 24.8 Å². The number of nitrogens with one attached hydrogen (secondary N) is 1. The van der Waals surface area contributed by atoms with Crippen LogP contribution in [0.2, 0.25) is 5.02 Å². The van der Waals surface area contributed by atoms with E-state index in [1.54, 1.807) is 18.2 Å². The van der Waals surface area contributed by atoms with Crippen LogP contribution >= 0.6 is 11.6 Å². The first-order valence-corrected chi connectivity index (χ1v) is 9.46. The number of carbonyl (C=O) groups is 4. The van der Waals surface area contributed by atoms with E-state index in [9.17, 15) is 19.2 Å². The van der Waals surface area contributed by atoms with Gasteiger partial charge in [0.2, 0.25) is 11.8 Å². The Labute approximate surface area is 167 Å². The number of hydrogen-bond donors (Lipinski definition) is 1. The maximum atomic E-state index is 12.3. The number of fused-ring (bicyclic) bond motifs is 1. The fourth-order valence-electron chi connectivity index (χ4n) is 3.38. The molecule has 28 heavy (non-hydrogen) atoms. The number of hydrogen-bond acceptors (Lipinski definition) is 5. The average Bonchev–Trinajstić information content (AvgIpc) is 2.92. The van der Waals surface area contributed by atoms with Gasteiger partial charge >= 0.3 is 5.97 Å². The van der Waals surface area contributed by atoms with Crippen molar-refractivity contribution in [1.29, 1.82) is 0 Å². The van der Waals surface area contributed by atoms with Gasteiger partial charge in [-0.05, 0) is 37.5 Å². The number of rotatable bonds is 6. The summed E-state index contributed by atoms with van der Waals surface area (Å²) in [5.41, 5.74) is 1.38. The summed E-state index contributed by atoms with van der Waals surface area (Å²) in [6, 6.07) is 5.07. The number of anilines is 1. The number of benzene rings is 1. The van der Waals surface area contributed by atoms with Crippen molar-refractivity contribution >= 4 is 41.0 Å². The largest absolute Gasteiger partial charge is 0.456 e. The second kappa shape index (κ2) is 8.56. The summed E-state index contributed by atoms with van der Waals surface area (Å²) in [7, 11) is 0. The molecule has 0 radical (unpaired) electrons. The molecule has 1 aliphatic carbocycles. The lowest BCUT2D eigenvalue weighted by Crippen LogP contribution is -2.33. The molecule has 3 amide bonds. The summed E-state index contributed by atoms with van der Waals surface area (Å²) in [5.74, 6) is -2.26. The van der Waals surface area contributed by atoms with E-state index < -0.39 is 18.5 Å². The number of esters is 1. The molecule has 1 N–H and O–H groups in total. The minimum absolute atomic E-state index is 0.0291. The third kappa shape index (κ3) is 4.42. The van der Waals surface area contributed by atoms with Crippen LogP contribution in [0.4, 0.5) is 5.69 Å². The van der Waals surface area contributed by atoms with E-state index >= 15 is 0 Å². The number of ether oxygens (including phenoxy) is 1. The quantitative estimate of drug-likeness (QED) is 0.446. The standard InChI is InChI=1S/C20H21ClN2O5/c1-12-6-7-13(10-16(12)21)22-17(24)11-28-18(25)8-9-23-19(26)14-4-2-3-5-15(14)20(23)27/h2-3,6-7,10,14-15H,4-5,8-9,11H2,1H3,(H,22,24)/t14-,15-/m0/s1. The van der Waals surface area contributed by atoms with Crippen molar-refractivity contribution in [3.8, 4) is 0 Å². The van der Waals surface area contributed by atoms with Crippen LogP contribution < -0.4 is 5.32 Å². The first-order chi connectivity index (χ1) is 13.4. The Kier molecular flexibility index (Phi) is 6.14. The maximum absolute atomic E-state index is 12.3. The average molecular weight is 405 g/mol. The zero-order valence-corrected chi connectivity index (χ0v) is 16.2. The second-order valence-electron chi connectivity index (χ2n) is 6.91. The highest BCUT2D eigenvalue weighted by molar-refractivity contribution is 6.31. The number of likely N-dealkylation sites (tertiary alicyclic amines) is 1. The van der Waals surface area contributed by atoms with Gasteiger partial charge in [-0.15, -0.1) is 0 Å². The molecular formula is C20H21ClN2O5. The smallest absolute Gasteiger partial charge is 0.308 e. The third-order valence-corrected chi connectivity index (χ3v) is 5.37. The molecule has 1 aliphatic heterocycles. The SMILES string of the molecule is Cc1ccc(NC(=O)COC(=O)CCN2C(=O)[C@H]3CC=CC[C@@H]3C2=O)cc1Cl. The summed E-state index contributed by atoms with van der Waals surface area (Å²) in [4.78, 5) is 49.6. The van der Waals surface area contributed by atoms with Gasteiger partial charge in [0.05, 0.1) is 18.3 Å². The lowest BCUT2D eigenvalue weighted by Gasteiger charge is -2.14. The Morgan fingerprint density at radius 3 is 2.43 bits per heavy atom. The lowest BCUT2D eigenvalue weighted by atomic mass is 9.85. The van der Waals surface area contributed by atoms with E-state index in [0.29, 0.717) is 23.6 Å². The predicted molar refractivity (Wildman–Crippen MR) is 102 cm³/mol. The maximum Gasteiger partial charge on any atom is 0.308 e. The zero-order chi connectivity index (χ0) is 20.3. The number of halogens is 1. The molecular weight excluding hydrogens is 384 g/mol. The number of allylic oxidation sites excluding steroid dienone is 2. The van der Waals surface area contributed by atoms with Gasteiger partial charge in [-0.25, -0.2) is 0 Å². The van der Waals surface area contributed by atoms with Crippen molar-refractivity contribution in [1.82, 2.24) is 4.90 Å².